The molecule has 6 rings (SSSR count). The molecular weight excluding hydrogens is 594 g/mol. The Kier molecular flexibility index (Phi) is 8.81. The Morgan fingerprint density at radius 1 is 0.933 bits per heavy atom. The van der Waals surface area contributed by atoms with Gasteiger partial charge in [-0.15, -0.1) is 0 Å². The summed E-state index contributed by atoms with van der Waals surface area (Å²) in [6, 6.07) is 15.8. The van der Waals surface area contributed by atoms with Crippen LogP contribution in [0.1, 0.15) is 31.1 Å². The highest BCUT2D eigenvalue weighted by Gasteiger charge is 2.26. The van der Waals surface area contributed by atoms with E-state index in [1.54, 1.807) is 4.90 Å². The molecule has 0 atom stereocenters. The molecule has 0 bridgehead atoms. The first kappa shape index (κ1) is 31.0. The first-order valence-corrected chi connectivity index (χ1v) is 15.8. The van der Waals surface area contributed by atoms with E-state index in [2.05, 4.69) is 39.0 Å². The number of fused-ring (bicyclic) bond motifs is 3. The van der Waals surface area contributed by atoms with Crippen molar-refractivity contribution in [3.8, 4) is 16.9 Å². The summed E-state index contributed by atoms with van der Waals surface area (Å²) in [6.45, 7) is 12.8. The van der Waals surface area contributed by atoms with Crippen molar-refractivity contribution in [3.63, 3.8) is 0 Å². The topological polar surface area (TPSA) is 113 Å². The Bertz CT molecular complexity index is 1720. The number of piperazine rings is 1. The molecule has 3 aromatic carbocycles. The molecule has 2 aliphatic heterocycles. The van der Waals surface area contributed by atoms with Gasteiger partial charge < -0.3 is 34.7 Å². The maximum absolute atomic E-state index is 12.6. The Morgan fingerprint density at radius 3 is 2.38 bits per heavy atom. The molecule has 0 aliphatic carbocycles. The fraction of sp³-hybridized carbons (Fsp3) is 0.412. The van der Waals surface area contributed by atoms with E-state index in [9.17, 15) is 9.59 Å². The average Bonchev–Trinajstić information content (AvgIpc) is 3.39. The number of primary amides is 1. The largest absolute Gasteiger partial charge is 0.491 e. The number of morpholine rings is 1. The van der Waals surface area contributed by atoms with Crippen molar-refractivity contribution in [2.45, 2.75) is 26.4 Å². The van der Waals surface area contributed by atoms with Gasteiger partial charge in [-0.25, -0.2) is 4.79 Å². The van der Waals surface area contributed by atoms with Gasteiger partial charge in [-0.05, 0) is 68.3 Å². The summed E-state index contributed by atoms with van der Waals surface area (Å²) in [5, 5.41) is 2.39. The van der Waals surface area contributed by atoms with Crippen LogP contribution in [-0.2, 0) is 9.47 Å². The minimum absolute atomic E-state index is 0.282. The number of aromatic amines is 1. The fourth-order valence-electron chi connectivity index (χ4n) is 5.93. The molecule has 11 heteroatoms. The van der Waals surface area contributed by atoms with E-state index in [4.69, 9.17) is 31.5 Å². The minimum Gasteiger partial charge on any atom is -0.491 e. The van der Waals surface area contributed by atoms with Crippen LogP contribution in [0.25, 0.3) is 32.9 Å². The molecule has 3 N–H and O–H groups in total. The maximum Gasteiger partial charge on any atom is 0.410 e. The zero-order valence-corrected chi connectivity index (χ0v) is 26.8. The number of halogens is 1. The van der Waals surface area contributed by atoms with E-state index < -0.39 is 11.5 Å². The fourth-order valence-corrected chi connectivity index (χ4v) is 6.17. The summed E-state index contributed by atoms with van der Waals surface area (Å²) < 4.78 is 16.9. The highest BCUT2D eigenvalue weighted by Crippen LogP contribution is 2.37. The first-order valence-electron chi connectivity index (χ1n) is 15.4. The lowest BCUT2D eigenvalue weighted by molar-refractivity contribution is 0.0240. The number of carbonyl (C=O) groups is 2. The second-order valence-corrected chi connectivity index (χ2v) is 13.0. The van der Waals surface area contributed by atoms with Crippen LogP contribution in [-0.4, -0.2) is 98.0 Å². The number of rotatable bonds is 7. The van der Waals surface area contributed by atoms with Crippen LogP contribution in [0.4, 0.5) is 10.5 Å². The van der Waals surface area contributed by atoms with Gasteiger partial charge in [0.05, 0.1) is 29.3 Å². The van der Waals surface area contributed by atoms with Crippen LogP contribution in [0.15, 0.2) is 48.5 Å². The third-order valence-corrected chi connectivity index (χ3v) is 8.58. The zero-order chi connectivity index (χ0) is 31.7. The van der Waals surface area contributed by atoms with Gasteiger partial charge in [0.15, 0.2) is 0 Å². The number of amides is 2. The number of nitrogens with zero attached hydrogens (tertiary/aromatic N) is 3. The monoisotopic (exact) mass is 633 g/mol. The molecule has 2 fully saturated rings. The molecule has 2 aliphatic rings. The van der Waals surface area contributed by atoms with Crippen molar-refractivity contribution in [1.29, 1.82) is 0 Å². The van der Waals surface area contributed by atoms with Crippen molar-refractivity contribution in [2.75, 3.05) is 70.5 Å². The summed E-state index contributed by atoms with van der Waals surface area (Å²) in [7, 11) is 0. The number of ether oxygens (including phenoxy) is 3. The first-order chi connectivity index (χ1) is 21.6. The molecule has 0 spiro atoms. The van der Waals surface area contributed by atoms with E-state index in [-0.39, 0.29) is 6.09 Å². The van der Waals surface area contributed by atoms with E-state index >= 15 is 0 Å². The second-order valence-electron chi connectivity index (χ2n) is 12.6. The van der Waals surface area contributed by atoms with Gasteiger partial charge >= 0.3 is 6.09 Å². The minimum atomic E-state index is -0.522. The Balaban J connectivity index is 1.21. The average molecular weight is 634 g/mol. The molecule has 0 radical (unpaired) electrons. The molecule has 2 amide bonds. The second kappa shape index (κ2) is 12.8. The third kappa shape index (κ3) is 6.98. The lowest BCUT2D eigenvalue weighted by Gasteiger charge is -2.36. The smallest absolute Gasteiger partial charge is 0.410 e. The molecule has 4 aromatic rings. The summed E-state index contributed by atoms with van der Waals surface area (Å²) in [6.07, 6.45) is -0.282. The number of nitrogens with one attached hydrogen (secondary N) is 1. The van der Waals surface area contributed by atoms with Crippen LogP contribution < -0.4 is 15.4 Å². The Morgan fingerprint density at radius 2 is 1.69 bits per heavy atom. The number of benzene rings is 3. The Labute approximate surface area is 267 Å². The van der Waals surface area contributed by atoms with Gasteiger partial charge in [-0.2, -0.15) is 0 Å². The number of nitrogens with two attached hydrogens (primary N) is 1. The normalized spacial score (nSPS) is 16.4. The maximum atomic E-state index is 12.6. The number of anilines is 1. The summed E-state index contributed by atoms with van der Waals surface area (Å²) >= 11 is 6.65. The molecule has 3 heterocycles. The van der Waals surface area contributed by atoms with Gasteiger partial charge in [0.2, 0.25) is 0 Å². The van der Waals surface area contributed by atoms with Crippen LogP contribution in [0.2, 0.25) is 5.02 Å². The summed E-state index contributed by atoms with van der Waals surface area (Å²) in [4.78, 5) is 34.9. The van der Waals surface area contributed by atoms with Gasteiger partial charge in [-0.3, -0.25) is 9.69 Å². The van der Waals surface area contributed by atoms with E-state index in [1.165, 1.54) is 0 Å². The number of hydrogen-bond acceptors (Lipinski definition) is 7. The molecule has 2 saturated heterocycles. The van der Waals surface area contributed by atoms with E-state index in [1.807, 2.05) is 45.0 Å². The van der Waals surface area contributed by atoms with Crippen molar-refractivity contribution in [2.24, 2.45) is 5.73 Å². The van der Waals surface area contributed by atoms with Gasteiger partial charge in [-0.1, -0.05) is 23.7 Å². The molecular formula is C34H40ClN5O5. The van der Waals surface area contributed by atoms with Crippen LogP contribution in [0.3, 0.4) is 0 Å². The van der Waals surface area contributed by atoms with Gasteiger partial charge in [0.25, 0.3) is 5.91 Å². The predicted octanol–water partition coefficient (Wildman–Crippen LogP) is 5.51. The molecule has 1 aromatic heterocycles. The molecule has 238 valence electrons. The third-order valence-electron chi connectivity index (χ3n) is 8.29. The van der Waals surface area contributed by atoms with Crippen LogP contribution in [0.5, 0.6) is 5.75 Å². The van der Waals surface area contributed by atoms with Gasteiger partial charge in [0.1, 0.15) is 18.0 Å². The number of aromatic nitrogens is 1. The Hall–Kier alpha value is -3.99. The van der Waals surface area contributed by atoms with E-state index in [0.29, 0.717) is 54.6 Å². The molecule has 0 unspecified atom stereocenters. The quantitative estimate of drug-likeness (QED) is 0.276. The highest BCUT2D eigenvalue weighted by atomic mass is 35.5. The lowest BCUT2D eigenvalue weighted by Crippen LogP contribution is -2.50. The van der Waals surface area contributed by atoms with Crippen molar-refractivity contribution >= 4 is 51.1 Å². The summed E-state index contributed by atoms with van der Waals surface area (Å²) in [5.74, 6) is 0.109. The van der Waals surface area contributed by atoms with Gasteiger partial charge in [0, 0.05) is 67.8 Å². The summed E-state index contributed by atoms with van der Waals surface area (Å²) in [5.41, 5.74) is 10.1. The standard InChI is InChI=1S/C34H40ClN5O5/c1-34(2,3)45-33(42)40-10-8-39(9-11-40)24-5-6-25-26-18-23(19-27(32(36)41)31(26)37-29(25)21-24)22-4-7-30(28(35)20-22)44-17-14-38-12-15-43-16-13-38/h4-7,18-21,37H,8-17H2,1-3H3,(H2,36,41). The van der Waals surface area contributed by atoms with Crippen molar-refractivity contribution < 1.29 is 23.8 Å². The number of H-pyrrole nitrogens is 1. The predicted molar refractivity (Wildman–Crippen MR) is 178 cm³/mol. The van der Waals surface area contributed by atoms with Crippen molar-refractivity contribution in [1.82, 2.24) is 14.8 Å². The lowest BCUT2D eigenvalue weighted by atomic mass is 9.98. The molecule has 10 nitrogen and oxygen atoms in total. The van der Waals surface area contributed by atoms with Crippen LogP contribution >= 0.6 is 11.6 Å². The number of hydrogen-bond donors (Lipinski definition) is 2. The van der Waals surface area contributed by atoms with E-state index in [0.717, 1.165) is 66.0 Å². The SMILES string of the molecule is CC(C)(C)OC(=O)N1CCN(c2ccc3c(c2)[nH]c2c(C(N)=O)cc(-c4ccc(OCCN5CCOCC5)c(Cl)c4)cc23)CC1. The van der Waals surface area contributed by atoms with Crippen LogP contribution in [0, 0.1) is 0 Å². The molecule has 0 saturated carbocycles. The zero-order valence-electron chi connectivity index (χ0n) is 26.0. The molecule has 45 heavy (non-hydrogen) atoms. The highest BCUT2D eigenvalue weighted by molar-refractivity contribution is 6.32. The van der Waals surface area contributed by atoms with Crippen molar-refractivity contribution in [3.05, 3.63) is 59.1 Å². The number of carbonyl (C=O) groups excluding carboxylic acids is 2.